The highest BCUT2D eigenvalue weighted by Crippen LogP contribution is 2.29. The van der Waals surface area contributed by atoms with E-state index < -0.39 is 0 Å². The Bertz CT molecular complexity index is 594. The first-order valence-electron chi connectivity index (χ1n) is 7.35. The number of morpholine rings is 1. The lowest BCUT2D eigenvalue weighted by Crippen LogP contribution is -2.44. The van der Waals surface area contributed by atoms with Crippen LogP contribution >= 0.6 is 0 Å². The van der Waals surface area contributed by atoms with E-state index in [1.54, 1.807) is 0 Å². The maximum absolute atomic E-state index is 5.77. The van der Waals surface area contributed by atoms with Crippen molar-refractivity contribution in [1.29, 1.82) is 0 Å². The Balaban J connectivity index is 1.84. The summed E-state index contributed by atoms with van der Waals surface area (Å²) in [6, 6.07) is 2.04. The standard InChI is InChI=1S/C14H21N5O2/c1-4-19-12(5-6-15-19)9-18-7-8-20-10(2)13(18)14-16-11(3)17-21-14/h5-6,10,13H,4,7-9H2,1-3H3/t10-,13+/m1/s1. The Hall–Kier alpha value is -1.73. The van der Waals surface area contributed by atoms with Gasteiger partial charge in [-0.25, -0.2) is 0 Å². The molecular weight excluding hydrogens is 270 g/mol. The molecule has 0 aromatic carbocycles. The van der Waals surface area contributed by atoms with E-state index >= 15 is 0 Å². The Morgan fingerprint density at radius 3 is 3.00 bits per heavy atom. The first kappa shape index (κ1) is 14.2. The van der Waals surface area contributed by atoms with E-state index in [-0.39, 0.29) is 12.1 Å². The fourth-order valence-corrected chi connectivity index (χ4v) is 2.84. The van der Waals surface area contributed by atoms with Crippen LogP contribution < -0.4 is 0 Å². The Kier molecular flexibility index (Phi) is 4.03. The molecule has 2 aromatic heterocycles. The van der Waals surface area contributed by atoms with Gasteiger partial charge in [0.05, 0.1) is 18.4 Å². The van der Waals surface area contributed by atoms with Gasteiger partial charge < -0.3 is 9.26 Å². The maximum atomic E-state index is 5.77. The van der Waals surface area contributed by atoms with Crippen molar-refractivity contribution in [2.75, 3.05) is 13.2 Å². The number of rotatable bonds is 4. The molecule has 21 heavy (non-hydrogen) atoms. The molecule has 0 unspecified atom stereocenters. The van der Waals surface area contributed by atoms with Crippen LogP contribution in [0, 0.1) is 6.92 Å². The van der Waals surface area contributed by atoms with Gasteiger partial charge in [0.1, 0.15) is 6.04 Å². The minimum atomic E-state index is -0.0137. The van der Waals surface area contributed by atoms with Gasteiger partial charge in [-0.05, 0) is 26.8 Å². The molecule has 0 radical (unpaired) electrons. The van der Waals surface area contributed by atoms with Gasteiger partial charge in [-0.2, -0.15) is 10.1 Å². The fraction of sp³-hybridized carbons (Fsp3) is 0.643. The molecule has 0 aliphatic carbocycles. The Morgan fingerprint density at radius 2 is 2.29 bits per heavy atom. The molecule has 0 bridgehead atoms. The van der Waals surface area contributed by atoms with Crippen molar-refractivity contribution in [2.24, 2.45) is 0 Å². The van der Waals surface area contributed by atoms with E-state index in [0.29, 0.717) is 18.3 Å². The highest BCUT2D eigenvalue weighted by molar-refractivity contribution is 5.04. The van der Waals surface area contributed by atoms with Crippen LogP contribution in [0.1, 0.15) is 37.3 Å². The molecule has 0 saturated carbocycles. The van der Waals surface area contributed by atoms with Crippen LogP contribution in [0.25, 0.3) is 0 Å². The molecule has 7 heteroatoms. The average molecular weight is 291 g/mol. The third kappa shape index (κ3) is 2.84. The zero-order chi connectivity index (χ0) is 14.8. The molecule has 0 spiro atoms. The van der Waals surface area contributed by atoms with Gasteiger partial charge >= 0.3 is 0 Å². The summed E-state index contributed by atoms with van der Waals surface area (Å²) < 4.78 is 13.2. The van der Waals surface area contributed by atoms with Crippen LogP contribution in [-0.2, 0) is 17.8 Å². The quantitative estimate of drug-likeness (QED) is 0.851. The minimum Gasteiger partial charge on any atom is -0.375 e. The molecular formula is C14H21N5O2. The van der Waals surface area contributed by atoms with E-state index in [4.69, 9.17) is 9.26 Å². The molecule has 2 aromatic rings. The van der Waals surface area contributed by atoms with Crippen LogP contribution in [-0.4, -0.2) is 44.1 Å². The first-order valence-corrected chi connectivity index (χ1v) is 7.35. The highest BCUT2D eigenvalue weighted by atomic mass is 16.5. The third-order valence-electron chi connectivity index (χ3n) is 3.86. The van der Waals surface area contributed by atoms with Crippen molar-refractivity contribution < 1.29 is 9.26 Å². The summed E-state index contributed by atoms with van der Waals surface area (Å²) >= 11 is 0. The number of nitrogens with zero attached hydrogens (tertiary/aromatic N) is 5. The molecule has 2 atom stereocenters. The van der Waals surface area contributed by atoms with E-state index in [1.807, 2.05) is 24.7 Å². The normalized spacial score (nSPS) is 23.6. The second-order valence-corrected chi connectivity index (χ2v) is 5.31. The van der Waals surface area contributed by atoms with E-state index in [9.17, 15) is 0 Å². The number of ether oxygens (including phenoxy) is 1. The molecule has 1 fully saturated rings. The first-order chi connectivity index (χ1) is 10.2. The second kappa shape index (κ2) is 5.95. The Morgan fingerprint density at radius 1 is 1.43 bits per heavy atom. The number of aromatic nitrogens is 4. The molecule has 1 aliphatic heterocycles. The third-order valence-corrected chi connectivity index (χ3v) is 3.86. The van der Waals surface area contributed by atoms with Crippen LogP contribution in [0.3, 0.4) is 0 Å². The smallest absolute Gasteiger partial charge is 0.246 e. The van der Waals surface area contributed by atoms with Gasteiger partial charge in [0, 0.05) is 25.8 Å². The summed E-state index contributed by atoms with van der Waals surface area (Å²) in [6.45, 7) is 9.19. The second-order valence-electron chi connectivity index (χ2n) is 5.31. The molecule has 114 valence electrons. The van der Waals surface area contributed by atoms with E-state index in [0.717, 1.165) is 19.6 Å². The molecule has 0 N–H and O–H groups in total. The summed E-state index contributed by atoms with van der Waals surface area (Å²) in [5.41, 5.74) is 1.19. The highest BCUT2D eigenvalue weighted by Gasteiger charge is 2.35. The maximum Gasteiger partial charge on any atom is 0.246 e. The van der Waals surface area contributed by atoms with Crippen molar-refractivity contribution in [3.8, 4) is 0 Å². The summed E-state index contributed by atoms with van der Waals surface area (Å²) in [6.07, 6.45) is 1.87. The lowest BCUT2D eigenvalue weighted by atomic mass is 10.1. The predicted octanol–water partition coefficient (Wildman–Crippen LogP) is 1.56. The summed E-state index contributed by atoms with van der Waals surface area (Å²) in [5.74, 6) is 1.28. The fourth-order valence-electron chi connectivity index (χ4n) is 2.84. The average Bonchev–Trinajstić information content (AvgIpc) is 3.08. The van der Waals surface area contributed by atoms with Gasteiger partial charge in [-0.15, -0.1) is 0 Å². The van der Waals surface area contributed by atoms with Crippen molar-refractivity contribution in [1.82, 2.24) is 24.8 Å². The Labute approximate surface area is 123 Å². The SMILES string of the molecule is CCn1nccc1CN1CCO[C@H](C)[C@H]1c1nc(C)no1. The van der Waals surface area contributed by atoms with Crippen molar-refractivity contribution >= 4 is 0 Å². The predicted molar refractivity (Wildman–Crippen MR) is 75.5 cm³/mol. The zero-order valence-corrected chi connectivity index (χ0v) is 12.7. The molecule has 3 heterocycles. The summed E-state index contributed by atoms with van der Waals surface area (Å²) in [7, 11) is 0. The van der Waals surface area contributed by atoms with Crippen LogP contribution in [0.15, 0.2) is 16.8 Å². The van der Waals surface area contributed by atoms with Crippen LogP contribution in [0.5, 0.6) is 0 Å². The summed E-state index contributed by atoms with van der Waals surface area (Å²) in [4.78, 5) is 6.71. The van der Waals surface area contributed by atoms with E-state index in [1.165, 1.54) is 5.69 Å². The van der Waals surface area contributed by atoms with Crippen LogP contribution in [0.2, 0.25) is 0 Å². The zero-order valence-electron chi connectivity index (χ0n) is 12.7. The molecule has 1 saturated heterocycles. The molecule has 3 rings (SSSR count). The summed E-state index contributed by atoms with van der Waals surface area (Å²) in [5, 5.41) is 8.23. The number of aryl methyl sites for hydroxylation is 2. The van der Waals surface area contributed by atoms with Crippen molar-refractivity contribution in [3.05, 3.63) is 29.7 Å². The van der Waals surface area contributed by atoms with Gasteiger partial charge in [0.2, 0.25) is 5.89 Å². The van der Waals surface area contributed by atoms with Crippen LogP contribution in [0.4, 0.5) is 0 Å². The largest absolute Gasteiger partial charge is 0.375 e. The van der Waals surface area contributed by atoms with Gasteiger partial charge in [0.15, 0.2) is 5.82 Å². The molecule has 0 amide bonds. The van der Waals surface area contributed by atoms with Gasteiger partial charge in [0.25, 0.3) is 0 Å². The van der Waals surface area contributed by atoms with E-state index in [2.05, 4.69) is 33.1 Å². The van der Waals surface area contributed by atoms with Gasteiger partial charge in [-0.3, -0.25) is 9.58 Å². The van der Waals surface area contributed by atoms with Crippen molar-refractivity contribution in [3.63, 3.8) is 0 Å². The monoisotopic (exact) mass is 291 g/mol. The lowest BCUT2D eigenvalue weighted by molar-refractivity contribution is -0.0770. The van der Waals surface area contributed by atoms with Gasteiger partial charge in [-0.1, -0.05) is 5.16 Å². The molecule has 1 aliphatic rings. The molecule has 7 nitrogen and oxygen atoms in total. The minimum absolute atomic E-state index is 0.0137. The van der Waals surface area contributed by atoms with Crippen molar-refractivity contribution in [2.45, 2.75) is 46.0 Å². The number of hydrogen-bond donors (Lipinski definition) is 0. The lowest BCUT2D eigenvalue weighted by Gasteiger charge is -2.37. The topological polar surface area (TPSA) is 69.2 Å². The number of hydrogen-bond acceptors (Lipinski definition) is 6.